The normalized spacial score (nSPS) is 29.2. The van der Waals surface area contributed by atoms with Crippen LogP contribution in [0.4, 0.5) is 4.79 Å². The first-order valence-corrected chi connectivity index (χ1v) is 8.61. The lowest BCUT2D eigenvalue weighted by atomic mass is 9.96. The van der Waals surface area contributed by atoms with Gasteiger partial charge in [0.15, 0.2) is 6.67 Å². The number of carbonyl (C=O) groups is 2. The number of urea groups is 1. The van der Waals surface area contributed by atoms with E-state index in [1.165, 1.54) is 33.1 Å². The zero-order chi connectivity index (χ0) is 14.4. The van der Waals surface area contributed by atoms with Gasteiger partial charge in [0.05, 0.1) is 6.54 Å². The average Bonchev–Trinajstić information content (AvgIpc) is 3.19. The van der Waals surface area contributed by atoms with Crippen LogP contribution in [0.3, 0.4) is 0 Å². The molecule has 1 aliphatic carbocycles. The molecule has 0 radical (unpaired) electrons. The molecule has 2 aliphatic heterocycles. The Morgan fingerprint density at radius 3 is 2.95 bits per heavy atom. The standard InChI is InChI=1S/C15H19N3O2S/c19-13-3-6-16-15(20)18(13)9-17-7-4-12-11(5-8-21-12)14(17)10-1-2-10/h5,8,10,14H,1-4,6-7,9H2,(H,16,20)/p+1/t14-/m0/s1. The van der Waals surface area contributed by atoms with Gasteiger partial charge in [-0.05, 0) is 24.3 Å². The van der Waals surface area contributed by atoms with Crippen molar-refractivity contribution >= 4 is 23.3 Å². The van der Waals surface area contributed by atoms with Gasteiger partial charge in [-0.1, -0.05) is 0 Å². The van der Waals surface area contributed by atoms with E-state index in [1.807, 2.05) is 11.3 Å². The fourth-order valence-electron chi connectivity index (χ4n) is 3.66. The van der Waals surface area contributed by atoms with Crippen molar-refractivity contribution in [2.75, 3.05) is 19.8 Å². The second-order valence-corrected chi connectivity index (χ2v) is 7.23. The number of quaternary nitrogens is 1. The van der Waals surface area contributed by atoms with Gasteiger partial charge in [-0.25, -0.2) is 9.69 Å². The monoisotopic (exact) mass is 306 g/mol. The smallest absolute Gasteiger partial charge is 0.328 e. The van der Waals surface area contributed by atoms with Gasteiger partial charge in [-0.2, -0.15) is 0 Å². The highest BCUT2D eigenvalue weighted by Gasteiger charge is 2.44. The minimum Gasteiger partial charge on any atom is -0.337 e. The molecule has 2 N–H and O–H groups in total. The number of amides is 3. The van der Waals surface area contributed by atoms with Crippen molar-refractivity contribution in [2.24, 2.45) is 5.92 Å². The summed E-state index contributed by atoms with van der Waals surface area (Å²) in [6.07, 6.45) is 4.05. The van der Waals surface area contributed by atoms with Crippen LogP contribution in [0.25, 0.3) is 0 Å². The summed E-state index contributed by atoms with van der Waals surface area (Å²) in [5.74, 6) is 0.702. The Labute approximate surface area is 127 Å². The van der Waals surface area contributed by atoms with E-state index in [0.29, 0.717) is 25.7 Å². The lowest BCUT2D eigenvalue weighted by molar-refractivity contribution is -0.943. The first-order valence-electron chi connectivity index (χ1n) is 7.73. The second kappa shape index (κ2) is 5.10. The molecule has 5 nitrogen and oxygen atoms in total. The Bertz CT molecular complexity index is 565. The van der Waals surface area contributed by atoms with Gasteiger partial charge in [0.1, 0.15) is 6.04 Å². The molecule has 1 aromatic rings. The molecular formula is C15H20N3O2S+. The Balaban J connectivity index is 1.57. The Hall–Kier alpha value is -1.40. The molecule has 0 aromatic carbocycles. The Kier molecular flexibility index (Phi) is 3.23. The molecule has 1 saturated heterocycles. The third-order valence-corrected chi connectivity index (χ3v) is 5.84. The van der Waals surface area contributed by atoms with Crippen molar-refractivity contribution in [3.05, 3.63) is 21.9 Å². The van der Waals surface area contributed by atoms with Crippen LogP contribution in [-0.4, -0.2) is 36.6 Å². The van der Waals surface area contributed by atoms with Crippen molar-refractivity contribution in [1.29, 1.82) is 0 Å². The van der Waals surface area contributed by atoms with Gasteiger partial charge < -0.3 is 10.2 Å². The SMILES string of the molecule is O=C1CCNC(=O)N1C[NH+]1CCc2sccc2[C@@H]1C1CC1. The number of hydrogen-bond acceptors (Lipinski definition) is 3. The van der Waals surface area contributed by atoms with Crippen molar-refractivity contribution in [3.8, 4) is 0 Å². The summed E-state index contributed by atoms with van der Waals surface area (Å²) in [5.41, 5.74) is 1.47. The van der Waals surface area contributed by atoms with E-state index < -0.39 is 0 Å². The third kappa shape index (κ3) is 2.36. The fraction of sp³-hybridized carbons (Fsp3) is 0.600. The summed E-state index contributed by atoms with van der Waals surface area (Å²) >= 11 is 1.85. The molecule has 3 heterocycles. The van der Waals surface area contributed by atoms with Crippen molar-refractivity contribution < 1.29 is 14.5 Å². The van der Waals surface area contributed by atoms with Crippen molar-refractivity contribution in [1.82, 2.24) is 10.2 Å². The van der Waals surface area contributed by atoms with E-state index in [4.69, 9.17) is 0 Å². The summed E-state index contributed by atoms with van der Waals surface area (Å²) in [7, 11) is 0. The highest BCUT2D eigenvalue weighted by molar-refractivity contribution is 7.10. The average molecular weight is 306 g/mol. The molecule has 3 aliphatic rings. The fourth-order valence-corrected chi connectivity index (χ4v) is 4.59. The van der Waals surface area contributed by atoms with Crippen LogP contribution < -0.4 is 10.2 Å². The van der Waals surface area contributed by atoms with Crippen molar-refractivity contribution in [3.63, 3.8) is 0 Å². The summed E-state index contributed by atoms with van der Waals surface area (Å²) in [5, 5.41) is 4.96. The lowest BCUT2D eigenvalue weighted by Crippen LogP contribution is -3.15. The van der Waals surface area contributed by atoms with Gasteiger partial charge >= 0.3 is 6.03 Å². The minimum atomic E-state index is -0.218. The molecule has 4 rings (SSSR count). The van der Waals surface area contributed by atoms with Crippen LogP contribution in [-0.2, 0) is 11.2 Å². The number of hydrogen-bond donors (Lipinski definition) is 2. The van der Waals surface area contributed by atoms with Gasteiger partial charge in [0.25, 0.3) is 0 Å². The molecule has 2 atom stereocenters. The predicted octanol–water partition coefficient (Wildman–Crippen LogP) is 0.540. The van der Waals surface area contributed by atoms with Crippen LogP contribution in [0.15, 0.2) is 11.4 Å². The molecule has 1 unspecified atom stereocenters. The number of rotatable bonds is 3. The molecule has 2 fully saturated rings. The zero-order valence-corrected chi connectivity index (χ0v) is 12.7. The maximum absolute atomic E-state index is 12.0. The molecule has 112 valence electrons. The molecular weight excluding hydrogens is 286 g/mol. The molecule has 6 heteroatoms. The molecule has 1 saturated carbocycles. The number of fused-ring (bicyclic) bond motifs is 1. The summed E-state index contributed by atoms with van der Waals surface area (Å²) in [4.78, 5) is 28.3. The zero-order valence-electron chi connectivity index (χ0n) is 11.9. The van der Waals surface area contributed by atoms with Crippen LogP contribution in [0.1, 0.15) is 35.7 Å². The predicted molar refractivity (Wildman–Crippen MR) is 79.0 cm³/mol. The van der Waals surface area contributed by atoms with Crippen LogP contribution in [0, 0.1) is 5.92 Å². The second-order valence-electron chi connectivity index (χ2n) is 6.23. The lowest BCUT2D eigenvalue weighted by Gasteiger charge is -2.36. The quantitative estimate of drug-likeness (QED) is 0.856. The summed E-state index contributed by atoms with van der Waals surface area (Å²) < 4.78 is 0. The van der Waals surface area contributed by atoms with Crippen LogP contribution in [0.5, 0.6) is 0 Å². The topological polar surface area (TPSA) is 53.9 Å². The first kappa shape index (κ1) is 13.3. The van der Waals surface area contributed by atoms with E-state index >= 15 is 0 Å². The summed E-state index contributed by atoms with van der Waals surface area (Å²) in [6, 6.07) is 2.51. The highest BCUT2D eigenvalue weighted by atomic mass is 32.1. The van der Waals surface area contributed by atoms with E-state index in [0.717, 1.165) is 18.9 Å². The van der Waals surface area contributed by atoms with E-state index in [2.05, 4.69) is 16.8 Å². The van der Waals surface area contributed by atoms with Gasteiger partial charge in [-0.3, -0.25) is 4.79 Å². The molecule has 0 bridgehead atoms. The molecule has 21 heavy (non-hydrogen) atoms. The van der Waals surface area contributed by atoms with E-state index in [1.54, 1.807) is 0 Å². The molecule has 3 amide bonds. The van der Waals surface area contributed by atoms with E-state index in [-0.39, 0.29) is 11.9 Å². The maximum Gasteiger partial charge on any atom is 0.328 e. The number of nitrogens with one attached hydrogen (secondary N) is 2. The largest absolute Gasteiger partial charge is 0.337 e. The maximum atomic E-state index is 12.0. The highest BCUT2D eigenvalue weighted by Crippen LogP contribution is 2.42. The summed E-state index contributed by atoms with van der Waals surface area (Å²) in [6.45, 7) is 2.01. The van der Waals surface area contributed by atoms with Crippen LogP contribution >= 0.6 is 11.3 Å². The Morgan fingerprint density at radius 2 is 2.19 bits per heavy atom. The first-order chi connectivity index (χ1) is 10.2. The minimum absolute atomic E-state index is 0.0306. The third-order valence-electron chi connectivity index (χ3n) is 4.84. The van der Waals surface area contributed by atoms with Gasteiger partial charge in [-0.15, -0.1) is 11.3 Å². The van der Waals surface area contributed by atoms with Crippen molar-refractivity contribution in [2.45, 2.75) is 31.7 Å². The number of thiophene rings is 1. The Morgan fingerprint density at radius 1 is 1.33 bits per heavy atom. The van der Waals surface area contributed by atoms with E-state index in [9.17, 15) is 9.59 Å². The number of nitrogens with zero attached hydrogens (tertiary/aromatic N) is 1. The molecule has 0 spiro atoms. The van der Waals surface area contributed by atoms with Gasteiger partial charge in [0, 0.05) is 35.7 Å². The van der Waals surface area contributed by atoms with Gasteiger partial charge in [0.2, 0.25) is 5.91 Å². The number of carbonyl (C=O) groups excluding carboxylic acids is 2. The van der Waals surface area contributed by atoms with Crippen LogP contribution in [0.2, 0.25) is 0 Å². The number of imide groups is 1. The molecule has 1 aromatic heterocycles.